The normalized spacial score (nSPS) is 21.8. The van der Waals surface area contributed by atoms with Crippen LogP contribution in [0.2, 0.25) is 0 Å². The molecule has 1 aliphatic heterocycles. The minimum absolute atomic E-state index is 0.191. The second-order valence-electron chi connectivity index (χ2n) is 6.30. The van der Waals surface area contributed by atoms with Crippen LogP contribution in [0.4, 0.5) is 0 Å². The highest BCUT2D eigenvalue weighted by Crippen LogP contribution is 2.37. The molecule has 1 atom stereocenters. The van der Waals surface area contributed by atoms with Crippen molar-refractivity contribution in [3.05, 3.63) is 69.7 Å². The fourth-order valence-electron chi connectivity index (χ4n) is 3.34. The van der Waals surface area contributed by atoms with Gasteiger partial charge < -0.3 is 4.74 Å². The Kier molecular flexibility index (Phi) is 3.88. The zero-order chi connectivity index (χ0) is 16.6. The lowest BCUT2D eigenvalue weighted by Crippen LogP contribution is -2.35. The average Bonchev–Trinajstić information content (AvgIpc) is 2.99. The van der Waals surface area contributed by atoms with E-state index < -0.39 is 0 Å². The Morgan fingerprint density at radius 2 is 2.00 bits per heavy atom. The number of amides is 1. The number of hydrogen-bond donors (Lipinski definition) is 1. The van der Waals surface area contributed by atoms with Gasteiger partial charge in [0.15, 0.2) is 0 Å². The quantitative estimate of drug-likeness (QED) is 0.817. The molecule has 2 aromatic carbocycles. The molecule has 1 spiro atoms. The van der Waals surface area contributed by atoms with Crippen molar-refractivity contribution in [1.29, 1.82) is 0 Å². The van der Waals surface area contributed by atoms with Gasteiger partial charge in [-0.05, 0) is 42.2 Å². The molecule has 0 bridgehead atoms. The Balaban J connectivity index is 1.53. The lowest BCUT2D eigenvalue weighted by atomic mass is 9.79. The maximum Gasteiger partial charge on any atom is 0.292 e. The number of carbonyl (C=O) groups excluding carboxylic acids is 1. The summed E-state index contributed by atoms with van der Waals surface area (Å²) in [6.45, 7) is 0.512. The van der Waals surface area contributed by atoms with Gasteiger partial charge in [0.05, 0.1) is 0 Å². The Morgan fingerprint density at radius 1 is 1.17 bits per heavy atom. The fourth-order valence-corrected chi connectivity index (χ4v) is 3.89. The molecule has 0 saturated carbocycles. The number of fused-ring (bicyclic) bond motifs is 1. The molecule has 1 aliphatic carbocycles. The second kappa shape index (κ2) is 6.06. The standard InChI is InChI=1S/C19H17BrN2O2/c20-16-8-4-7-13-9-10-19(11-15(13)16)12-24-18(22-19)21-17(23)14-5-2-1-3-6-14/h1-8H,9-12H2,(H,21,22,23). The maximum absolute atomic E-state index is 12.2. The molecule has 1 heterocycles. The summed E-state index contributed by atoms with van der Waals surface area (Å²) in [6, 6.07) is 15.7. The van der Waals surface area contributed by atoms with E-state index in [1.807, 2.05) is 18.2 Å². The molecule has 1 amide bonds. The van der Waals surface area contributed by atoms with Gasteiger partial charge in [-0.3, -0.25) is 10.1 Å². The largest absolute Gasteiger partial charge is 0.462 e. The van der Waals surface area contributed by atoms with Crippen molar-refractivity contribution in [2.75, 3.05) is 6.61 Å². The highest BCUT2D eigenvalue weighted by Gasteiger charge is 2.40. The Labute approximate surface area is 149 Å². The van der Waals surface area contributed by atoms with E-state index in [1.54, 1.807) is 12.1 Å². The monoisotopic (exact) mass is 384 g/mol. The van der Waals surface area contributed by atoms with E-state index in [2.05, 4.69) is 39.4 Å². The van der Waals surface area contributed by atoms with Crippen molar-refractivity contribution >= 4 is 27.9 Å². The second-order valence-corrected chi connectivity index (χ2v) is 7.16. The number of nitrogens with zero attached hydrogens (tertiary/aromatic N) is 1. The third-order valence-electron chi connectivity index (χ3n) is 4.65. The molecule has 24 heavy (non-hydrogen) atoms. The van der Waals surface area contributed by atoms with Crippen LogP contribution in [0, 0.1) is 0 Å². The van der Waals surface area contributed by atoms with Crippen LogP contribution in [-0.4, -0.2) is 24.1 Å². The number of benzene rings is 2. The molecule has 0 radical (unpaired) electrons. The number of nitrogens with one attached hydrogen (secondary N) is 1. The third kappa shape index (κ3) is 2.84. The molecule has 4 nitrogen and oxygen atoms in total. The molecule has 0 fully saturated rings. The lowest BCUT2D eigenvalue weighted by Gasteiger charge is -2.30. The van der Waals surface area contributed by atoms with E-state index in [-0.39, 0.29) is 11.4 Å². The number of ether oxygens (including phenoxy) is 1. The maximum atomic E-state index is 12.2. The molecule has 1 N–H and O–H groups in total. The van der Waals surface area contributed by atoms with Crippen molar-refractivity contribution < 1.29 is 9.53 Å². The summed E-state index contributed by atoms with van der Waals surface area (Å²) in [5, 5.41) is 2.78. The van der Waals surface area contributed by atoms with E-state index in [9.17, 15) is 4.79 Å². The molecule has 122 valence electrons. The molecule has 2 aromatic rings. The summed E-state index contributed by atoms with van der Waals surface area (Å²) >= 11 is 3.64. The smallest absolute Gasteiger partial charge is 0.292 e. The molecular formula is C19H17BrN2O2. The van der Waals surface area contributed by atoms with Crippen molar-refractivity contribution in [2.24, 2.45) is 4.99 Å². The molecule has 1 unspecified atom stereocenters. The van der Waals surface area contributed by atoms with Crippen LogP contribution < -0.4 is 5.32 Å². The van der Waals surface area contributed by atoms with Gasteiger partial charge in [-0.15, -0.1) is 0 Å². The number of hydrogen-bond acceptors (Lipinski definition) is 3. The fraction of sp³-hybridized carbons (Fsp3) is 0.263. The van der Waals surface area contributed by atoms with Gasteiger partial charge >= 0.3 is 0 Å². The van der Waals surface area contributed by atoms with Crippen molar-refractivity contribution in [2.45, 2.75) is 24.8 Å². The van der Waals surface area contributed by atoms with E-state index >= 15 is 0 Å². The van der Waals surface area contributed by atoms with Gasteiger partial charge in [0, 0.05) is 16.5 Å². The highest BCUT2D eigenvalue weighted by atomic mass is 79.9. The van der Waals surface area contributed by atoms with Crippen LogP contribution in [-0.2, 0) is 17.6 Å². The number of carbonyl (C=O) groups is 1. The van der Waals surface area contributed by atoms with Crippen LogP contribution in [0.15, 0.2) is 58.0 Å². The van der Waals surface area contributed by atoms with Crippen LogP contribution in [0.5, 0.6) is 0 Å². The van der Waals surface area contributed by atoms with Crippen LogP contribution >= 0.6 is 15.9 Å². The molecule has 4 rings (SSSR count). The van der Waals surface area contributed by atoms with Crippen molar-refractivity contribution in [3.63, 3.8) is 0 Å². The topological polar surface area (TPSA) is 50.7 Å². The first-order chi connectivity index (χ1) is 11.7. The highest BCUT2D eigenvalue weighted by molar-refractivity contribution is 9.10. The third-order valence-corrected chi connectivity index (χ3v) is 5.40. The molecule has 2 aliphatic rings. The summed E-state index contributed by atoms with van der Waals surface area (Å²) < 4.78 is 6.82. The van der Waals surface area contributed by atoms with Gasteiger partial charge in [-0.2, -0.15) is 0 Å². The Hall–Kier alpha value is -2.14. The predicted octanol–water partition coefficient (Wildman–Crippen LogP) is 3.49. The van der Waals surface area contributed by atoms with Crippen LogP contribution in [0.25, 0.3) is 0 Å². The van der Waals surface area contributed by atoms with Gasteiger partial charge in [-0.1, -0.05) is 46.3 Å². The number of amidine groups is 1. The van der Waals surface area contributed by atoms with Crippen molar-refractivity contribution in [3.8, 4) is 0 Å². The SMILES string of the molecule is O=C(NC1=NC2(CCc3cccc(Br)c3C2)CO1)c1ccccc1. The summed E-state index contributed by atoms with van der Waals surface area (Å²) in [5.74, 6) is -0.191. The van der Waals surface area contributed by atoms with E-state index in [0.29, 0.717) is 18.2 Å². The van der Waals surface area contributed by atoms with Gasteiger partial charge in [0.25, 0.3) is 11.9 Å². The van der Waals surface area contributed by atoms with E-state index in [1.165, 1.54) is 11.1 Å². The number of aliphatic imine (C=N–C) groups is 1. The van der Waals surface area contributed by atoms with Gasteiger partial charge in [0.2, 0.25) is 0 Å². The molecule has 0 aromatic heterocycles. The summed E-state index contributed by atoms with van der Waals surface area (Å²) in [4.78, 5) is 17.0. The zero-order valence-electron chi connectivity index (χ0n) is 13.1. The average molecular weight is 385 g/mol. The number of aryl methyl sites for hydroxylation is 1. The minimum atomic E-state index is -0.268. The van der Waals surface area contributed by atoms with Gasteiger partial charge in [0.1, 0.15) is 12.1 Å². The van der Waals surface area contributed by atoms with E-state index in [4.69, 9.17) is 9.73 Å². The van der Waals surface area contributed by atoms with Crippen molar-refractivity contribution in [1.82, 2.24) is 5.32 Å². The van der Waals surface area contributed by atoms with Gasteiger partial charge in [-0.25, -0.2) is 4.99 Å². The Bertz CT molecular complexity index is 819. The summed E-state index contributed by atoms with van der Waals surface area (Å²) in [7, 11) is 0. The van der Waals surface area contributed by atoms with Crippen LogP contribution in [0.1, 0.15) is 27.9 Å². The molecular weight excluding hydrogens is 368 g/mol. The zero-order valence-corrected chi connectivity index (χ0v) is 14.7. The lowest BCUT2D eigenvalue weighted by molar-refractivity contribution is 0.0967. The molecule has 0 saturated heterocycles. The summed E-state index contributed by atoms with van der Waals surface area (Å²) in [6.07, 6.45) is 2.73. The first kappa shape index (κ1) is 15.4. The first-order valence-corrected chi connectivity index (χ1v) is 8.80. The predicted molar refractivity (Wildman–Crippen MR) is 96.2 cm³/mol. The number of rotatable bonds is 1. The van der Waals surface area contributed by atoms with E-state index in [0.717, 1.165) is 23.7 Å². The molecule has 5 heteroatoms. The number of halogens is 1. The first-order valence-electron chi connectivity index (χ1n) is 8.01. The van der Waals surface area contributed by atoms with Crippen LogP contribution in [0.3, 0.4) is 0 Å². The minimum Gasteiger partial charge on any atom is -0.462 e. The Morgan fingerprint density at radius 3 is 2.83 bits per heavy atom. The summed E-state index contributed by atoms with van der Waals surface area (Å²) in [5.41, 5.74) is 3.00.